The van der Waals surface area contributed by atoms with E-state index in [1.165, 1.54) is 4.90 Å². The third kappa shape index (κ3) is 7.69. The Hall–Kier alpha value is -2.07. The van der Waals surface area contributed by atoms with E-state index in [1.807, 2.05) is 42.2 Å². The van der Waals surface area contributed by atoms with Gasteiger partial charge in [-0.15, -0.1) is 35.7 Å². The molecule has 3 rings (SSSR count). The van der Waals surface area contributed by atoms with Gasteiger partial charge in [-0.05, 0) is 42.8 Å². The second kappa shape index (κ2) is 12.5. The van der Waals surface area contributed by atoms with E-state index >= 15 is 0 Å². The lowest BCUT2D eigenvalue weighted by Gasteiger charge is -2.15. The number of rotatable bonds is 8. The first-order chi connectivity index (χ1) is 13.7. The van der Waals surface area contributed by atoms with Gasteiger partial charge in [0, 0.05) is 41.8 Å². The fourth-order valence-electron chi connectivity index (χ4n) is 2.61. The van der Waals surface area contributed by atoms with Crippen LogP contribution in [-0.4, -0.2) is 39.1 Å². The number of hydrogen-bond donors (Lipinski definition) is 2. The summed E-state index contributed by atoms with van der Waals surface area (Å²) in [4.78, 5) is 10.4. The lowest BCUT2D eigenvalue weighted by Crippen LogP contribution is -2.40. The lowest BCUT2D eigenvalue weighted by molar-refractivity contribution is 0.793. The summed E-state index contributed by atoms with van der Waals surface area (Å²) in [5.74, 6) is 1.61. The first-order valence-corrected chi connectivity index (χ1v) is 10.3. The number of pyridine rings is 1. The van der Waals surface area contributed by atoms with Crippen LogP contribution in [0.15, 0.2) is 77.0 Å². The molecule has 1 aromatic carbocycles. The van der Waals surface area contributed by atoms with Crippen molar-refractivity contribution in [2.45, 2.75) is 30.5 Å². The van der Waals surface area contributed by atoms with Crippen molar-refractivity contribution >= 4 is 41.7 Å². The normalized spacial score (nSPS) is 12.1. The maximum atomic E-state index is 4.71. The van der Waals surface area contributed by atoms with Crippen LogP contribution in [0.1, 0.15) is 19.4 Å². The number of hydrogen-bond acceptors (Lipinski definition) is 4. The van der Waals surface area contributed by atoms with E-state index in [1.54, 1.807) is 17.1 Å². The molecule has 1 atom stereocenters. The summed E-state index contributed by atoms with van der Waals surface area (Å²) in [6, 6.07) is 16.3. The molecular formula is C21H27IN6S. The van der Waals surface area contributed by atoms with Crippen molar-refractivity contribution in [1.82, 2.24) is 25.4 Å². The summed E-state index contributed by atoms with van der Waals surface area (Å²) in [5, 5.41) is 11.4. The van der Waals surface area contributed by atoms with Gasteiger partial charge in [0.15, 0.2) is 11.8 Å². The van der Waals surface area contributed by atoms with Crippen LogP contribution in [0.4, 0.5) is 0 Å². The van der Waals surface area contributed by atoms with Crippen LogP contribution in [-0.2, 0) is 6.54 Å². The Morgan fingerprint density at radius 1 is 1.14 bits per heavy atom. The number of nitrogens with zero attached hydrogens (tertiary/aromatic N) is 4. The lowest BCUT2D eigenvalue weighted by atomic mass is 10.2. The van der Waals surface area contributed by atoms with Crippen molar-refractivity contribution < 1.29 is 0 Å². The first-order valence-electron chi connectivity index (χ1n) is 9.43. The molecule has 0 radical (unpaired) electrons. The van der Waals surface area contributed by atoms with E-state index in [4.69, 9.17) is 4.99 Å². The van der Waals surface area contributed by atoms with E-state index in [2.05, 4.69) is 58.8 Å². The van der Waals surface area contributed by atoms with Gasteiger partial charge in [-0.3, -0.25) is 0 Å². The second-order valence-corrected chi connectivity index (χ2v) is 7.80. The predicted molar refractivity (Wildman–Crippen MR) is 131 cm³/mol. The van der Waals surface area contributed by atoms with Crippen LogP contribution in [0, 0.1) is 0 Å². The highest BCUT2D eigenvalue weighted by molar-refractivity contribution is 14.0. The standard InChI is InChI=1S/C21H26N6S.HI/c1-3-22-21(24-15-17(2)28-19-8-5-4-6-9-19)25-16-18-10-12-23-20(14-18)27-13-7-11-26-27;/h4-14,17H,3,15-16H2,1-2H3,(H2,22,24,25);1H. The first kappa shape index (κ1) is 23.2. The van der Waals surface area contributed by atoms with E-state index in [0.717, 1.165) is 30.4 Å². The van der Waals surface area contributed by atoms with Crippen LogP contribution < -0.4 is 10.6 Å². The number of aliphatic imine (C=N–C) groups is 1. The Labute approximate surface area is 193 Å². The molecule has 2 heterocycles. The van der Waals surface area contributed by atoms with Crippen molar-refractivity contribution in [3.63, 3.8) is 0 Å². The topological polar surface area (TPSA) is 67.1 Å². The number of halogens is 1. The zero-order chi connectivity index (χ0) is 19.6. The maximum absolute atomic E-state index is 4.71. The third-order valence-electron chi connectivity index (χ3n) is 3.95. The molecule has 3 aromatic rings. The fourth-order valence-corrected chi connectivity index (χ4v) is 3.56. The summed E-state index contributed by atoms with van der Waals surface area (Å²) in [7, 11) is 0. The minimum atomic E-state index is 0. The van der Waals surface area contributed by atoms with Gasteiger partial charge in [-0.2, -0.15) is 5.10 Å². The van der Waals surface area contributed by atoms with Crippen molar-refractivity contribution in [3.05, 3.63) is 72.7 Å². The van der Waals surface area contributed by atoms with Gasteiger partial charge in [-0.1, -0.05) is 25.1 Å². The predicted octanol–water partition coefficient (Wildman–Crippen LogP) is 4.12. The smallest absolute Gasteiger partial charge is 0.191 e. The monoisotopic (exact) mass is 522 g/mol. The molecule has 0 bridgehead atoms. The minimum absolute atomic E-state index is 0. The van der Waals surface area contributed by atoms with Crippen molar-refractivity contribution in [2.24, 2.45) is 4.99 Å². The molecule has 6 nitrogen and oxygen atoms in total. The number of aromatic nitrogens is 3. The van der Waals surface area contributed by atoms with Gasteiger partial charge in [0.2, 0.25) is 0 Å². The Balaban J connectivity index is 0.00000300. The van der Waals surface area contributed by atoms with Gasteiger partial charge >= 0.3 is 0 Å². The second-order valence-electron chi connectivity index (χ2n) is 6.29. The fraction of sp³-hybridized carbons (Fsp3) is 0.286. The maximum Gasteiger partial charge on any atom is 0.191 e. The highest BCUT2D eigenvalue weighted by Crippen LogP contribution is 2.21. The molecule has 2 aromatic heterocycles. The number of nitrogens with one attached hydrogen (secondary N) is 2. The van der Waals surface area contributed by atoms with Gasteiger partial charge in [0.05, 0.1) is 6.54 Å². The third-order valence-corrected chi connectivity index (χ3v) is 5.06. The average molecular weight is 522 g/mol. The van der Waals surface area contributed by atoms with E-state index in [0.29, 0.717) is 11.8 Å². The Kier molecular flexibility index (Phi) is 9.99. The van der Waals surface area contributed by atoms with Gasteiger partial charge in [0.1, 0.15) is 0 Å². The summed E-state index contributed by atoms with van der Waals surface area (Å²) in [6.07, 6.45) is 5.42. The molecular weight excluding hydrogens is 495 g/mol. The van der Waals surface area contributed by atoms with Gasteiger partial charge in [0.25, 0.3) is 0 Å². The largest absolute Gasteiger partial charge is 0.357 e. The van der Waals surface area contributed by atoms with Crippen molar-refractivity contribution in [1.29, 1.82) is 0 Å². The van der Waals surface area contributed by atoms with Crippen molar-refractivity contribution in [2.75, 3.05) is 13.1 Å². The molecule has 8 heteroatoms. The summed E-state index contributed by atoms with van der Waals surface area (Å²) in [5.41, 5.74) is 1.09. The van der Waals surface area contributed by atoms with Crippen molar-refractivity contribution in [3.8, 4) is 5.82 Å². The van der Waals surface area contributed by atoms with Gasteiger partial charge in [-0.25, -0.2) is 14.7 Å². The minimum Gasteiger partial charge on any atom is -0.357 e. The Bertz CT molecular complexity index is 870. The van der Waals surface area contributed by atoms with Crippen LogP contribution in [0.5, 0.6) is 0 Å². The molecule has 1 unspecified atom stereocenters. The molecule has 0 fully saturated rings. The average Bonchev–Trinajstić information content (AvgIpc) is 3.26. The molecule has 0 saturated carbocycles. The van der Waals surface area contributed by atoms with E-state index in [9.17, 15) is 0 Å². The number of benzene rings is 1. The Morgan fingerprint density at radius 3 is 2.69 bits per heavy atom. The quantitative estimate of drug-likeness (QED) is 0.202. The number of thioether (sulfide) groups is 1. The van der Waals surface area contributed by atoms with Crippen LogP contribution in [0.3, 0.4) is 0 Å². The SMILES string of the molecule is CCNC(=NCc1ccnc(-n2cccn2)c1)NCC(C)Sc1ccccc1.I. The van der Waals surface area contributed by atoms with E-state index < -0.39 is 0 Å². The van der Waals surface area contributed by atoms with Crippen LogP contribution in [0.25, 0.3) is 5.82 Å². The summed E-state index contributed by atoms with van der Waals surface area (Å²) in [6.45, 7) is 6.52. The molecule has 2 N–H and O–H groups in total. The number of guanidine groups is 1. The summed E-state index contributed by atoms with van der Waals surface area (Å²) < 4.78 is 1.75. The summed E-state index contributed by atoms with van der Waals surface area (Å²) >= 11 is 1.86. The molecule has 0 aliphatic rings. The molecule has 0 saturated heterocycles. The molecule has 0 aliphatic heterocycles. The van der Waals surface area contributed by atoms with Crippen LogP contribution in [0.2, 0.25) is 0 Å². The zero-order valence-electron chi connectivity index (χ0n) is 16.7. The van der Waals surface area contributed by atoms with Crippen LogP contribution >= 0.6 is 35.7 Å². The molecule has 29 heavy (non-hydrogen) atoms. The molecule has 154 valence electrons. The molecule has 0 aliphatic carbocycles. The van der Waals surface area contributed by atoms with E-state index in [-0.39, 0.29) is 24.0 Å². The molecule has 0 spiro atoms. The Morgan fingerprint density at radius 2 is 1.97 bits per heavy atom. The highest BCUT2D eigenvalue weighted by atomic mass is 127. The highest BCUT2D eigenvalue weighted by Gasteiger charge is 2.06. The molecule has 0 amide bonds. The zero-order valence-corrected chi connectivity index (χ0v) is 19.8. The van der Waals surface area contributed by atoms with Gasteiger partial charge < -0.3 is 10.6 Å².